The average Bonchev–Trinajstić information content (AvgIpc) is 2.83. The molecule has 1 N–H and O–H groups in total. The maximum Gasteiger partial charge on any atom is 0.317 e. The van der Waals surface area contributed by atoms with Gasteiger partial charge in [-0.15, -0.1) is 6.58 Å². The van der Waals surface area contributed by atoms with E-state index in [0.717, 1.165) is 31.8 Å². The number of likely N-dealkylation sites (tertiary alicyclic amines) is 1. The predicted molar refractivity (Wildman–Crippen MR) is 66.2 cm³/mol. The first-order chi connectivity index (χ1) is 8.70. The van der Waals surface area contributed by atoms with E-state index >= 15 is 0 Å². The second kappa shape index (κ2) is 5.66. The van der Waals surface area contributed by atoms with Crippen molar-refractivity contribution in [3.8, 4) is 0 Å². The summed E-state index contributed by atoms with van der Waals surface area (Å²) in [6.07, 6.45) is 3.42. The van der Waals surface area contributed by atoms with Gasteiger partial charge in [0.05, 0.1) is 0 Å². The molecule has 1 aromatic rings. The SMILES string of the molecule is C=CCNC(=O)N1CCC(c2noc(C)n2)CC1. The molecule has 1 aliphatic heterocycles. The minimum Gasteiger partial charge on any atom is -0.340 e. The molecular formula is C12H18N4O2. The molecule has 0 unspecified atom stereocenters. The first-order valence-electron chi connectivity index (χ1n) is 6.14. The van der Waals surface area contributed by atoms with Crippen LogP contribution in [0.4, 0.5) is 4.79 Å². The lowest BCUT2D eigenvalue weighted by Gasteiger charge is -2.30. The Bertz CT molecular complexity index is 421. The number of nitrogens with one attached hydrogen (secondary N) is 1. The van der Waals surface area contributed by atoms with Crippen LogP contribution in [0.1, 0.15) is 30.5 Å². The highest BCUT2D eigenvalue weighted by molar-refractivity contribution is 5.74. The fourth-order valence-corrected chi connectivity index (χ4v) is 2.09. The number of hydrogen-bond donors (Lipinski definition) is 1. The summed E-state index contributed by atoms with van der Waals surface area (Å²) < 4.78 is 4.98. The van der Waals surface area contributed by atoms with Crippen molar-refractivity contribution in [2.45, 2.75) is 25.7 Å². The van der Waals surface area contributed by atoms with Gasteiger partial charge in [-0.2, -0.15) is 4.98 Å². The Morgan fingerprint density at radius 3 is 2.89 bits per heavy atom. The van der Waals surface area contributed by atoms with E-state index in [-0.39, 0.29) is 6.03 Å². The maximum atomic E-state index is 11.7. The average molecular weight is 250 g/mol. The highest BCUT2D eigenvalue weighted by atomic mass is 16.5. The van der Waals surface area contributed by atoms with Crippen LogP contribution in [0.3, 0.4) is 0 Å². The first-order valence-corrected chi connectivity index (χ1v) is 6.14. The van der Waals surface area contributed by atoms with Crippen molar-refractivity contribution in [1.29, 1.82) is 0 Å². The van der Waals surface area contributed by atoms with E-state index in [9.17, 15) is 4.79 Å². The zero-order valence-corrected chi connectivity index (χ0v) is 10.6. The zero-order valence-electron chi connectivity index (χ0n) is 10.6. The number of amides is 2. The Morgan fingerprint density at radius 1 is 1.61 bits per heavy atom. The van der Waals surface area contributed by atoms with Crippen molar-refractivity contribution in [1.82, 2.24) is 20.4 Å². The normalized spacial score (nSPS) is 16.6. The largest absolute Gasteiger partial charge is 0.340 e. The fraction of sp³-hybridized carbons (Fsp3) is 0.583. The molecule has 0 atom stereocenters. The van der Waals surface area contributed by atoms with Gasteiger partial charge in [0.15, 0.2) is 5.82 Å². The van der Waals surface area contributed by atoms with Gasteiger partial charge < -0.3 is 14.7 Å². The summed E-state index contributed by atoms with van der Waals surface area (Å²) in [5.41, 5.74) is 0. The number of carbonyl (C=O) groups is 1. The van der Waals surface area contributed by atoms with Crippen molar-refractivity contribution in [3.63, 3.8) is 0 Å². The third-order valence-electron chi connectivity index (χ3n) is 3.09. The molecule has 1 aliphatic rings. The summed E-state index contributed by atoms with van der Waals surface area (Å²) in [4.78, 5) is 17.8. The van der Waals surface area contributed by atoms with Crippen molar-refractivity contribution >= 4 is 6.03 Å². The monoisotopic (exact) mass is 250 g/mol. The van der Waals surface area contributed by atoms with Gasteiger partial charge in [-0.1, -0.05) is 11.2 Å². The highest BCUT2D eigenvalue weighted by Gasteiger charge is 2.26. The maximum absolute atomic E-state index is 11.7. The molecule has 0 spiro atoms. The topological polar surface area (TPSA) is 71.3 Å². The molecule has 0 saturated carbocycles. The summed E-state index contributed by atoms with van der Waals surface area (Å²) in [6.45, 7) is 7.31. The third-order valence-corrected chi connectivity index (χ3v) is 3.09. The summed E-state index contributed by atoms with van der Waals surface area (Å²) in [5, 5.41) is 6.72. The number of rotatable bonds is 3. The lowest BCUT2D eigenvalue weighted by atomic mass is 9.96. The standard InChI is InChI=1S/C12H18N4O2/c1-3-6-13-12(17)16-7-4-10(5-8-16)11-14-9(2)18-15-11/h3,10H,1,4-8H2,2H3,(H,13,17). The number of piperidine rings is 1. The van der Waals surface area contributed by atoms with Crippen LogP contribution in [0, 0.1) is 6.92 Å². The molecule has 2 rings (SSSR count). The Morgan fingerprint density at radius 2 is 2.33 bits per heavy atom. The van der Waals surface area contributed by atoms with E-state index in [2.05, 4.69) is 22.0 Å². The number of hydrogen-bond acceptors (Lipinski definition) is 4. The van der Waals surface area contributed by atoms with Gasteiger partial charge in [0.2, 0.25) is 5.89 Å². The number of nitrogens with zero attached hydrogens (tertiary/aromatic N) is 3. The van der Waals surface area contributed by atoms with Crippen molar-refractivity contribution in [2.24, 2.45) is 0 Å². The van der Waals surface area contributed by atoms with E-state index in [1.165, 1.54) is 0 Å². The lowest BCUT2D eigenvalue weighted by molar-refractivity contribution is 0.181. The van der Waals surface area contributed by atoms with Crippen LogP contribution in [-0.2, 0) is 0 Å². The second-order valence-corrected chi connectivity index (χ2v) is 4.41. The zero-order chi connectivity index (χ0) is 13.0. The molecular weight excluding hydrogens is 232 g/mol. The van der Waals surface area contributed by atoms with Crippen LogP contribution in [0.5, 0.6) is 0 Å². The predicted octanol–water partition coefficient (Wildman–Crippen LogP) is 1.45. The second-order valence-electron chi connectivity index (χ2n) is 4.41. The van der Waals surface area contributed by atoms with E-state index < -0.39 is 0 Å². The summed E-state index contributed by atoms with van der Waals surface area (Å²) in [7, 11) is 0. The van der Waals surface area contributed by atoms with Gasteiger partial charge >= 0.3 is 6.03 Å². The quantitative estimate of drug-likeness (QED) is 0.824. The van der Waals surface area contributed by atoms with Crippen molar-refractivity contribution in [2.75, 3.05) is 19.6 Å². The first kappa shape index (κ1) is 12.6. The highest BCUT2D eigenvalue weighted by Crippen LogP contribution is 2.25. The van der Waals surface area contributed by atoms with Crippen LogP contribution < -0.4 is 5.32 Å². The van der Waals surface area contributed by atoms with E-state index in [0.29, 0.717) is 18.4 Å². The van der Waals surface area contributed by atoms with Gasteiger partial charge in [0.1, 0.15) is 0 Å². The summed E-state index contributed by atoms with van der Waals surface area (Å²) >= 11 is 0. The molecule has 0 aromatic carbocycles. The number of urea groups is 1. The molecule has 0 bridgehead atoms. The van der Waals surface area contributed by atoms with Crippen LogP contribution >= 0.6 is 0 Å². The molecule has 0 radical (unpaired) electrons. The molecule has 1 aromatic heterocycles. The molecule has 2 heterocycles. The number of aromatic nitrogens is 2. The Kier molecular flexibility index (Phi) is 3.96. The van der Waals surface area contributed by atoms with Crippen LogP contribution in [0.15, 0.2) is 17.2 Å². The molecule has 6 nitrogen and oxygen atoms in total. The van der Waals surface area contributed by atoms with Gasteiger partial charge in [-0.25, -0.2) is 4.79 Å². The van der Waals surface area contributed by atoms with E-state index in [1.54, 1.807) is 13.0 Å². The molecule has 1 saturated heterocycles. The van der Waals surface area contributed by atoms with Gasteiger partial charge in [0.25, 0.3) is 0 Å². The van der Waals surface area contributed by atoms with E-state index in [4.69, 9.17) is 4.52 Å². The van der Waals surface area contributed by atoms with Crippen LogP contribution in [-0.4, -0.2) is 40.7 Å². The third kappa shape index (κ3) is 2.88. The van der Waals surface area contributed by atoms with Crippen LogP contribution in [0.2, 0.25) is 0 Å². The summed E-state index contributed by atoms with van der Waals surface area (Å²) in [5.74, 6) is 1.65. The van der Waals surface area contributed by atoms with Gasteiger partial charge in [-0.3, -0.25) is 0 Å². The molecule has 2 amide bonds. The summed E-state index contributed by atoms with van der Waals surface area (Å²) in [6, 6.07) is -0.0300. The van der Waals surface area contributed by atoms with Gasteiger partial charge in [-0.05, 0) is 12.8 Å². The molecule has 98 valence electrons. The minimum absolute atomic E-state index is 0.0300. The van der Waals surface area contributed by atoms with Gasteiger partial charge in [0, 0.05) is 32.5 Å². The van der Waals surface area contributed by atoms with E-state index in [1.807, 2.05) is 4.90 Å². The van der Waals surface area contributed by atoms with Crippen molar-refractivity contribution in [3.05, 3.63) is 24.4 Å². The molecule has 18 heavy (non-hydrogen) atoms. The molecule has 0 aliphatic carbocycles. The molecule has 1 fully saturated rings. The Labute approximate surface area is 106 Å². The lowest BCUT2D eigenvalue weighted by Crippen LogP contribution is -2.44. The Balaban J connectivity index is 1.84. The molecule has 6 heteroatoms. The van der Waals surface area contributed by atoms with Crippen molar-refractivity contribution < 1.29 is 9.32 Å². The smallest absolute Gasteiger partial charge is 0.317 e. The minimum atomic E-state index is -0.0300. The number of carbonyl (C=O) groups excluding carboxylic acids is 1. The fourth-order valence-electron chi connectivity index (χ4n) is 2.09. The Hall–Kier alpha value is -1.85. The van der Waals surface area contributed by atoms with Crippen LogP contribution in [0.25, 0.3) is 0 Å². The number of aryl methyl sites for hydroxylation is 1.